The fourth-order valence-corrected chi connectivity index (χ4v) is 1.49. The van der Waals surface area contributed by atoms with Crippen LogP contribution in [0.5, 0.6) is 17.2 Å². The Morgan fingerprint density at radius 3 is 2.32 bits per heavy atom. The van der Waals surface area contributed by atoms with Gasteiger partial charge >= 0.3 is 5.97 Å². The largest absolute Gasteiger partial charge is 0.479 e. The molecule has 2 aromatic carbocycles. The first-order valence-electron chi connectivity index (χ1n) is 5.87. The first kappa shape index (κ1) is 13.0. The maximum atomic E-state index is 10.7. The molecule has 0 unspecified atom stereocenters. The van der Waals surface area contributed by atoms with Gasteiger partial charge in [-0.05, 0) is 31.2 Å². The van der Waals surface area contributed by atoms with Crippen LogP contribution in [-0.2, 0) is 4.79 Å². The van der Waals surface area contributed by atoms with Crippen molar-refractivity contribution < 1.29 is 19.4 Å². The van der Waals surface area contributed by atoms with Crippen LogP contribution in [0.15, 0.2) is 54.6 Å². The lowest BCUT2D eigenvalue weighted by Crippen LogP contribution is -2.22. The average Bonchev–Trinajstić information content (AvgIpc) is 2.40. The second kappa shape index (κ2) is 5.91. The number of hydrogen-bond acceptors (Lipinski definition) is 3. The molecule has 4 nitrogen and oxygen atoms in total. The Labute approximate surface area is 111 Å². The molecule has 1 atom stereocenters. The third-order valence-corrected chi connectivity index (χ3v) is 2.45. The van der Waals surface area contributed by atoms with Crippen molar-refractivity contribution >= 4 is 5.97 Å². The molecule has 0 aliphatic rings. The van der Waals surface area contributed by atoms with E-state index in [0.29, 0.717) is 17.2 Å². The molecule has 0 fully saturated rings. The number of rotatable bonds is 5. The SMILES string of the molecule is C[C@H](Oc1cccc(Oc2ccccc2)c1)C(=O)O. The smallest absolute Gasteiger partial charge is 0.344 e. The van der Waals surface area contributed by atoms with Crippen molar-refractivity contribution in [3.63, 3.8) is 0 Å². The van der Waals surface area contributed by atoms with Gasteiger partial charge in [-0.3, -0.25) is 0 Å². The van der Waals surface area contributed by atoms with Crippen LogP contribution in [0.25, 0.3) is 0 Å². The van der Waals surface area contributed by atoms with Gasteiger partial charge < -0.3 is 14.6 Å². The van der Waals surface area contributed by atoms with E-state index < -0.39 is 12.1 Å². The average molecular weight is 258 g/mol. The predicted molar refractivity (Wildman–Crippen MR) is 70.7 cm³/mol. The van der Waals surface area contributed by atoms with E-state index >= 15 is 0 Å². The minimum atomic E-state index is -1.01. The molecule has 2 rings (SSSR count). The minimum absolute atomic E-state index is 0.461. The summed E-state index contributed by atoms with van der Waals surface area (Å²) in [5.74, 6) is 0.768. The Kier molecular flexibility index (Phi) is 4.03. The van der Waals surface area contributed by atoms with Crippen LogP contribution in [0.2, 0.25) is 0 Å². The van der Waals surface area contributed by atoms with Gasteiger partial charge in [0.2, 0.25) is 0 Å². The molecule has 0 radical (unpaired) electrons. The molecule has 0 aliphatic carbocycles. The fraction of sp³-hybridized carbons (Fsp3) is 0.133. The summed E-state index contributed by atoms with van der Waals surface area (Å²) in [5, 5.41) is 8.79. The van der Waals surface area contributed by atoms with Crippen molar-refractivity contribution in [3.8, 4) is 17.2 Å². The Morgan fingerprint density at radius 1 is 1.00 bits per heavy atom. The number of hydrogen-bond donors (Lipinski definition) is 1. The van der Waals surface area contributed by atoms with E-state index in [-0.39, 0.29) is 0 Å². The second-order valence-corrected chi connectivity index (χ2v) is 3.99. The maximum Gasteiger partial charge on any atom is 0.344 e. The van der Waals surface area contributed by atoms with Gasteiger partial charge in [0, 0.05) is 6.07 Å². The summed E-state index contributed by atoms with van der Waals surface area (Å²) >= 11 is 0. The maximum absolute atomic E-state index is 10.7. The molecule has 0 aliphatic heterocycles. The number of benzene rings is 2. The highest BCUT2D eigenvalue weighted by Crippen LogP contribution is 2.25. The van der Waals surface area contributed by atoms with Gasteiger partial charge in [0.1, 0.15) is 17.2 Å². The number of carboxylic acid groups (broad SMARTS) is 1. The van der Waals surface area contributed by atoms with Crippen molar-refractivity contribution in [2.24, 2.45) is 0 Å². The Hall–Kier alpha value is -2.49. The number of aliphatic carboxylic acids is 1. The minimum Gasteiger partial charge on any atom is -0.479 e. The third-order valence-electron chi connectivity index (χ3n) is 2.45. The second-order valence-electron chi connectivity index (χ2n) is 3.99. The monoisotopic (exact) mass is 258 g/mol. The van der Waals surface area contributed by atoms with Crippen molar-refractivity contribution in [1.82, 2.24) is 0 Å². The summed E-state index contributed by atoms with van der Waals surface area (Å²) < 4.78 is 10.9. The Morgan fingerprint density at radius 2 is 1.63 bits per heavy atom. The van der Waals surface area contributed by atoms with Crippen LogP contribution >= 0.6 is 0 Å². The van der Waals surface area contributed by atoms with Crippen molar-refractivity contribution in [1.29, 1.82) is 0 Å². The van der Waals surface area contributed by atoms with E-state index in [9.17, 15) is 4.79 Å². The zero-order valence-corrected chi connectivity index (χ0v) is 10.4. The molecule has 0 saturated carbocycles. The normalized spacial score (nSPS) is 11.6. The van der Waals surface area contributed by atoms with Gasteiger partial charge in [0.05, 0.1) is 0 Å². The van der Waals surface area contributed by atoms with Crippen molar-refractivity contribution in [3.05, 3.63) is 54.6 Å². The van der Waals surface area contributed by atoms with Gasteiger partial charge in [-0.15, -0.1) is 0 Å². The summed E-state index contributed by atoms with van der Waals surface area (Å²) in [6.07, 6.45) is -0.896. The molecule has 19 heavy (non-hydrogen) atoms. The van der Waals surface area contributed by atoms with Gasteiger partial charge in [0.25, 0.3) is 0 Å². The molecule has 2 aromatic rings. The van der Waals surface area contributed by atoms with Crippen LogP contribution in [0.1, 0.15) is 6.92 Å². The summed E-state index contributed by atoms with van der Waals surface area (Å²) in [5.41, 5.74) is 0. The van der Waals surface area contributed by atoms with Crippen molar-refractivity contribution in [2.75, 3.05) is 0 Å². The van der Waals surface area contributed by atoms with Crippen LogP contribution in [0.3, 0.4) is 0 Å². The highest BCUT2D eigenvalue weighted by molar-refractivity contribution is 5.72. The molecule has 0 spiro atoms. The quantitative estimate of drug-likeness (QED) is 0.893. The zero-order chi connectivity index (χ0) is 13.7. The number of carbonyl (C=O) groups is 1. The predicted octanol–water partition coefficient (Wildman–Crippen LogP) is 3.33. The number of para-hydroxylation sites is 1. The van der Waals surface area contributed by atoms with E-state index in [0.717, 1.165) is 0 Å². The zero-order valence-electron chi connectivity index (χ0n) is 10.4. The van der Waals surface area contributed by atoms with E-state index in [4.69, 9.17) is 14.6 Å². The molecular weight excluding hydrogens is 244 g/mol. The van der Waals surface area contributed by atoms with Crippen LogP contribution in [-0.4, -0.2) is 17.2 Å². The van der Waals surface area contributed by atoms with Gasteiger partial charge in [-0.1, -0.05) is 24.3 Å². The molecule has 0 aromatic heterocycles. The summed E-state index contributed by atoms with van der Waals surface area (Å²) in [6.45, 7) is 1.48. The standard InChI is InChI=1S/C15H14O4/c1-11(15(16)17)18-13-8-5-9-14(10-13)19-12-6-3-2-4-7-12/h2-11H,1H3,(H,16,17)/t11-/m0/s1. The number of ether oxygens (including phenoxy) is 2. The third kappa shape index (κ3) is 3.74. The molecule has 0 heterocycles. The number of carboxylic acids is 1. The summed E-state index contributed by atoms with van der Waals surface area (Å²) in [6, 6.07) is 16.2. The molecule has 1 N–H and O–H groups in total. The summed E-state index contributed by atoms with van der Waals surface area (Å²) in [7, 11) is 0. The molecule has 0 saturated heterocycles. The van der Waals surface area contributed by atoms with Crippen molar-refractivity contribution in [2.45, 2.75) is 13.0 Å². The lowest BCUT2D eigenvalue weighted by atomic mass is 10.3. The lowest BCUT2D eigenvalue weighted by molar-refractivity contribution is -0.144. The van der Waals surface area contributed by atoms with Gasteiger partial charge in [-0.25, -0.2) is 4.79 Å². The first-order chi connectivity index (χ1) is 9.15. The first-order valence-corrected chi connectivity index (χ1v) is 5.87. The van der Waals surface area contributed by atoms with E-state index in [1.54, 1.807) is 24.3 Å². The van der Waals surface area contributed by atoms with E-state index in [1.807, 2.05) is 30.3 Å². The topological polar surface area (TPSA) is 55.8 Å². The Balaban J connectivity index is 2.09. The highest BCUT2D eigenvalue weighted by Gasteiger charge is 2.12. The Bertz CT molecular complexity index is 551. The van der Waals surface area contributed by atoms with Crippen LogP contribution < -0.4 is 9.47 Å². The van der Waals surface area contributed by atoms with E-state index in [1.165, 1.54) is 6.92 Å². The van der Waals surface area contributed by atoms with Gasteiger partial charge in [0.15, 0.2) is 6.10 Å². The van der Waals surface area contributed by atoms with E-state index in [2.05, 4.69) is 0 Å². The molecule has 0 bridgehead atoms. The molecular formula is C15H14O4. The molecule has 4 heteroatoms. The molecule has 98 valence electrons. The van der Waals surface area contributed by atoms with Crippen LogP contribution in [0, 0.1) is 0 Å². The highest BCUT2D eigenvalue weighted by atomic mass is 16.5. The fourth-order valence-electron chi connectivity index (χ4n) is 1.49. The van der Waals surface area contributed by atoms with Gasteiger partial charge in [-0.2, -0.15) is 0 Å². The lowest BCUT2D eigenvalue weighted by Gasteiger charge is -2.11. The summed E-state index contributed by atoms with van der Waals surface area (Å²) in [4.78, 5) is 10.7. The molecule has 0 amide bonds. The van der Waals surface area contributed by atoms with Crippen LogP contribution in [0.4, 0.5) is 0 Å².